The van der Waals surface area contributed by atoms with Gasteiger partial charge in [0.1, 0.15) is 0 Å². The lowest BCUT2D eigenvalue weighted by atomic mass is 10.0. The number of amides is 1. The topological polar surface area (TPSA) is 29.1 Å². The van der Waals surface area contributed by atoms with Crippen LogP contribution < -0.4 is 5.32 Å². The molecule has 0 aliphatic rings. The zero-order valence-electron chi connectivity index (χ0n) is 13.7. The van der Waals surface area contributed by atoms with Crippen LogP contribution in [-0.4, -0.2) is 11.2 Å². The molecule has 122 valence electrons. The van der Waals surface area contributed by atoms with Crippen molar-refractivity contribution < 1.29 is 4.79 Å². The van der Waals surface area contributed by atoms with Crippen LogP contribution in [0.2, 0.25) is 5.02 Å². The second kappa shape index (κ2) is 8.42. The van der Waals surface area contributed by atoms with Crippen LogP contribution in [-0.2, 0) is 4.79 Å². The summed E-state index contributed by atoms with van der Waals surface area (Å²) in [7, 11) is 0. The monoisotopic (exact) mass is 347 g/mol. The maximum Gasteiger partial charge on any atom is 0.233 e. The van der Waals surface area contributed by atoms with E-state index < -0.39 is 0 Å². The number of nitrogens with one attached hydrogen (secondary N) is 1. The van der Waals surface area contributed by atoms with Gasteiger partial charge in [-0.25, -0.2) is 0 Å². The number of carbonyl (C=O) groups is 1. The number of benzene rings is 2. The Labute approximate surface area is 147 Å². The van der Waals surface area contributed by atoms with Crippen LogP contribution in [0.15, 0.2) is 53.4 Å². The molecule has 0 spiro atoms. The average molecular weight is 348 g/mol. The minimum atomic E-state index is -0.157. The smallest absolute Gasteiger partial charge is 0.233 e. The van der Waals surface area contributed by atoms with Gasteiger partial charge in [-0.2, -0.15) is 0 Å². The second-order valence-electron chi connectivity index (χ2n) is 5.59. The zero-order chi connectivity index (χ0) is 16.8. The van der Waals surface area contributed by atoms with Gasteiger partial charge in [-0.1, -0.05) is 48.4 Å². The summed E-state index contributed by atoms with van der Waals surface area (Å²) in [4.78, 5) is 13.5. The highest BCUT2D eigenvalue weighted by molar-refractivity contribution is 8.00. The summed E-state index contributed by atoms with van der Waals surface area (Å²) >= 11 is 7.43. The Balaban J connectivity index is 1.98. The first-order chi connectivity index (χ1) is 11.0. The summed E-state index contributed by atoms with van der Waals surface area (Å²) in [5, 5.41) is 3.70. The molecular weight excluding hydrogens is 326 g/mol. The first kappa shape index (κ1) is 17.9. The fourth-order valence-corrected chi connectivity index (χ4v) is 3.28. The van der Waals surface area contributed by atoms with Gasteiger partial charge in [0.15, 0.2) is 0 Å². The van der Waals surface area contributed by atoms with Crippen molar-refractivity contribution in [3.05, 3.63) is 64.7 Å². The Hall–Kier alpha value is -1.45. The number of hydrogen-bond acceptors (Lipinski definition) is 2. The van der Waals surface area contributed by atoms with Crippen LogP contribution in [0.4, 0.5) is 0 Å². The van der Waals surface area contributed by atoms with Crippen LogP contribution in [0.25, 0.3) is 0 Å². The van der Waals surface area contributed by atoms with Crippen LogP contribution in [0.1, 0.15) is 37.4 Å². The van der Waals surface area contributed by atoms with Crippen LogP contribution in [0, 0.1) is 6.92 Å². The Morgan fingerprint density at radius 1 is 1.13 bits per heavy atom. The number of rotatable bonds is 6. The molecule has 2 aromatic carbocycles. The normalized spacial score (nSPS) is 13.4. The number of carbonyl (C=O) groups excluding carboxylic acids is 1. The molecule has 4 heteroatoms. The lowest BCUT2D eigenvalue weighted by Gasteiger charge is -2.20. The van der Waals surface area contributed by atoms with E-state index in [1.54, 1.807) is 0 Å². The Morgan fingerprint density at radius 2 is 1.74 bits per heavy atom. The predicted octanol–water partition coefficient (Wildman–Crippen LogP) is 5.40. The minimum Gasteiger partial charge on any atom is -0.348 e. The standard InChI is InChI=1S/C19H22ClNOS/c1-4-18(15-7-5-13(2)6-8-15)21-19(22)14(3)23-17-11-9-16(20)10-12-17/h5-12,14,18H,4H2,1-3H3,(H,21,22)/t14-,18+/m0/s1. The fraction of sp³-hybridized carbons (Fsp3) is 0.316. The molecule has 2 aromatic rings. The SMILES string of the molecule is CC[C@@H](NC(=O)[C@H](C)Sc1ccc(Cl)cc1)c1ccc(C)cc1. The van der Waals surface area contributed by atoms with Crippen LogP contribution >= 0.6 is 23.4 Å². The summed E-state index contributed by atoms with van der Waals surface area (Å²) in [5.74, 6) is 0.0531. The van der Waals surface area contributed by atoms with Crippen LogP contribution in [0.5, 0.6) is 0 Å². The lowest BCUT2D eigenvalue weighted by Crippen LogP contribution is -2.34. The van der Waals surface area contributed by atoms with Crippen molar-refractivity contribution in [1.29, 1.82) is 0 Å². The lowest BCUT2D eigenvalue weighted by molar-refractivity contribution is -0.121. The molecule has 0 saturated carbocycles. The van der Waals surface area contributed by atoms with Gasteiger partial charge in [-0.3, -0.25) is 4.79 Å². The van der Waals surface area contributed by atoms with Crippen molar-refractivity contribution in [3.8, 4) is 0 Å². The molecular formula is C19H22ClNOS. The summed E-state index contributed by atoms with van der Waals surface area (Å²) < 4.78 is 0. The second-order valence-corrected chi connectivity index (χ2v) is 7.44. The maximum absolute atomic E-state index is 12.5. The fourth-order valence-electron chi connectivity index (χ4n) is 2.28. The van der Waals surface area contributed by atoms with E-state index in [2.05, 4.69) is 43.4 Å². The van der Waals surface area contributed by atoms with E-state index in [0.29, 0.717) is 5.02 Å². The van der Waals surface area contributed by atoms with Crippen molar-refractivity contribution in [1.82, 2.24) is 5.32 Å². The molecule has 0 bridgehead atoms. The van der Waals surface area contributed by atoms with E-state index in [-0.39, 0.29) is 17.2 Å². The van der Waals surface area contributed by atoms with Gasteiger partial charge < -0.3 is 5.32 Å². The van der Waals surface area contributed by atoms with Crippen molar-refractivity contribution in [3.63, 3.8) is 0 Å². The third-order valence-corrected chi connectivity index (χ3v) is 5.06. The van der Waals surface area contributed by atoms with E-state index in [9.17, 15) is 4.79 Å². The first-order valence-electron chi connectivity index (χ1n) is 7.78. The molecule has 2 rings (SSSR count). The predicted molar refractivity (Wildman–Crippen MR) is 99.1 cm³/mol. The summed E-state index contributed by atoms with van der Waals surface area (Å²) in [6.45, 7) is 6.08. The molecule has 1 amide bonds. The third-order valence-electron chi connectivity index (χ3n) is 3.70. The van der Waals surface area contributed by atoms with Crippen molar-refractivity contribution >= 4 is 29.3 Å². The number of aryl methyl sites for hydroxylation is 1. The Morgan fingerprint density at radius 3 is 2.30 bits per heavy atom. The largest absolute Gasteiger partial charge is 0.348 e. The number of halogens is 1. The Kier molecular flexibility index (Phi) is 6.55. The average Bonchev–Trinajstić information content (AvgIpc) is 2.55. The van der Waals surface area contributed by atoms with Crippen LogP contribution in [0.3, 0.4) is 0 Å². The van der Waals surface area contributed by atoms with E-state index in [4.69, 9.17) is 11.6 Å². The zero-order valence-corrected chi connectivity index (χ0v) is 15.2. The van der Waals surface area contributed by atoms with Gasteiger partial charge in [-0.05, 0) is 50.1 Å². The molecule has 0 aromatic heterocycles. The third kappa shape index (κ3) is 5.29. The Bertz CT molecular complexity index is 639. The molecule has 2 atom stereocenters. The molecule has 0 fully saturated rings. The van der Waals surface area contributed by atoms with Gasteiger partial charge in [0, 0.05) is 9.92 Å². The summed E-state index contributed by atoms with van der Waals surface area (Å²) in [6, 6.07) is 15.9. The van der Waals surface area contributed by atoms with Gasteiger partial charge in [0.05, 0.1) is 11.3 Å². The molecule has 2 nitrogen and oxygen atoms in total. The molecule has 0 radical (unpaired) electrons. The summed E-state index contributed by atoms with van der Waals surface area (Å²) in [6.07, 6.45) is 0.868. The molecule has 0 aliphatic heterocycles. The van der Waals surface area contributed by atoms with E-state index >= 15 is 0 Å². The molecule has 0 unspecified atom stereocenters. The first-order valence-corrected chi connectivity index (χ1v) is 9.04. The minimum absolute atomic E-state index is 0.0522. The molecule has 0 saturated heterocycles. The molecule has 0 aliphatic carbocycles. The molecule has 23 heavy (non-hydrogen) atoms. The van der Waals surface area contributed by atoms with Gasteiger partial charge in [0.25, 0.3) is 0 Å². The van der Waals surface area contributed by atoms with E-state index in [1.165, 1.54) is 17.3 Å². The van der Waals surface area contributed by atoms with Crippen molar-refractivity contribution in [2.24, 2.45) is 0 Å². The highest BCUT2D eigenvalue weighted by atomic mass is 35.5. The highest BCUT2D eigenvalue weighted by Crippen LogP contribution is 2.26. The van der Waals surface area contributed by atoms with Crippen molar-refractivity contribution in [2.75, 3.05) is 0 Å². The molecule has 0 heterocycles. The number of thioether (sulfide) groups is 1. The van der Waals surface area contributed by atoms with Gasteiger partial charge in [0.2, 0.25) is 5.91 Å². The van der Waals surface area contributed by atoms with E-state index in [0.717, 1.165) is 16.9 Å². The van der Waals surface area contributed by atoms with Gasteiger partial charge in [-0.15, -0.1) is 11.8 Å². The van der Waals surface area contributed by atoms with Gasteiger partial charge >= 0.3 is 0 Å². The molecule has 1 N–H and O–H groups in total. The summed E-state index contributed by atoms with van der Waals surface area (Å²) in [5.41, 5.74) is 2.37. The maximum atomic E-state index is 12.5. The number of hydrogen-bond donors (Lipinski definition) is 1. The van der Waals surface area contributed by atoms with E-state index in [1.807, 2.05) is 31.2 Å². The van der Waals surface area contributed by atoms with Crippen molar-refractivity contribution in [2.45, 2.75) is 43.4 Å². The highest BCUT2D eigenvalue weighted by Gasteiger charge is 2.18. The quantitative estimate of drug-likeness (QED) is 0.709.